The van der Waals surface area contributed by atoms with Gasteiger partial charge in [0.25, 0.3) is 0 Å². The van der Waals surface area contributed by atoms with E-state index in [-0.39, 0.29) is 5.54 Å². The lowest BCUT2D eigenvalue weighted by Gasteiger charge is -2.36. The van der Waals surface area contributed by atoms with Gasteiger partial charge in [-0.2, -0.15) is 0 Å². The molecule has 0 N–H and O–H groups in total. The molecular formula is C21H22ClN3OS. The number of nitrogens with zero attached hydrogens (tertiary/aromatic N) is 3. The number of halogens is 1. The molecule has 27 heavy (non-hydrogen) atoms. The van der Waals surface area contributed by atoms with Crippen molar-refractivity contribution in [3.05, 3.63) is 53.6 Å². The van der Waals surface area contributed by atoms with Crippen LogP contribution in [-0.4, -0.2) is 29.9 Å². The summed E-state index contributed by atoms with van der Waals surface area (Å²) >= 11 is 7.82. The number of thioether (sulfide) groups is 1. The summed E-state index contributed by atoms with van der Waals surface area (Å²) in [6.07, 6.45) is 6.52. The van der Waals surface area contributed by atoms with Crippen LogP contribution in [0.3, 0.4) is 0 Å². The lowest BCUT2D eigenvalue weighted by molar-refractivity contribution is 0.415. The van der Waals surface area contributed by atoms with Gasteiger partial charge >= 0.3 is 0 Å². The molecule has 0 radical (unpaired) electrons. The number of rotatable bonds is 3. The molecule has 2 aromatic carbocycles. The summed E-state index contributed by atoms with van der Waals surface area (Å²) in [5.74, 6) is 1.75. The fourth-order valence-electron chi connectivity index (χ4n) is 3.96. The van der Waals surface area contributed by atoms with Gasteiger partial charge in [0.2, 0.25) is 0 Å². The van der Waals surface area contributed by atoms with Crippen LogP contribution >= 0.6 is 23.4 Å². The number of aliphatic imine (C=N–C) groups is 2. The maximum Gasteiger partial charge on any atom is 0.170 e. The van der Waals surface area contributed by atoms with E-state index >= 15 is 0 Å². The van der Waals surface area contributed by atoms with Crippen LogP contribution in [0.2, 0.25) is 5.02 Å². The Morgan fingerprint density at radius 3 is 2.52 bits per heavy atom. The van der Waals surface area contributed by atoms with Gasteiger partial charge in [-0.25, -0.2) is 9.98 Å². The SMILES string of the molecule is COc1ccc(N2C(SC)=NC(=Nc3cccc(Cl)c3)C23CCCC3)cc1. The van der Waals surface area contributed by atoms with Crippen molar-refractivity contribution < 1.29 is 4.74 Å². The van der Waals surface area contributed by atoms with Crippen LogP contribution < -0.4 is 9.64 Å². The number of hydrogen-bond donors (Lipinski definition) is 0. The zero-order valence-corrected chi connectivity index (χ0v) is 17.1. The maximum atomic E-state index is 6.16. The predicted molar refractivity (Wildman–Crippen MR) is 116 cm³/mol. The lowest BCUT2D eigenvalue weighted by atomic mass is 9.94. The van der Waals surface area contributed by atoms with E-state index in [4.69, 9.17) is 26.3 Å². The molecule has 1 saturated carbocycles. The number of methoxy groups -OCH3 is 1. The van der Waals surface area contributed by atoms with Crippen LogP contribution in [0, 0.1) is 0 Å². The molecule has 2 aromatic rings. The van der Waals surface area contributed by atoms with Crippen molar-refractivity contribution >= 4 is 45.7 Å². The quantitative estimate of drug-likeness (QED) is 0.641. The molecule has 0 atom stereocenters. The van der Waals surface area contributed by atoms with E-state index in [0.29, 0.717) is 5.02 Å². The topological polar surface area (TPSA) is 37.2 Å². The molecule has 1 aliphatic carbocycles. The standard InChI is InChI=1S/C21H22ClN3OS/c1-26-18-10-8-17(9-11-18)25-20(27-2)24-19(21(25)12-3-4-13-21)23-16-7-5-6-15(22)14-16/h5-11,14H,3-4,12-13H2,1-2H3. The van der Waals surface area contributed by atoms with E-state index in [9.17, 15) is 0 Å². The van der Waals surface area contributed by atoms with Crippen molar-refractivity contribution in [3.63, 3.8) is 0 Å². The van der Waals surface area contributed by atoms with Crippen LogP contribution in [0.1, 0.15) is 25.7 Å². The van der Waals surface area contributed by atoms with Crippen molar-refractivity contribution in [3.8, 4) is 5.75 Å². The van der Waals surface area contributed by atoms with Gasteiger partial charge in [-0.05, 0) is 61.6 Å². The van der Waals surface area contributed by atoms with Gasteiger partial charge in [0, 0.05) is 10.7 Å². The van der Waals surface area contributed by atoms with Gasteiger partial charge in [-0.1, -0.05) is 42.3 Å². The minimum atomic E-state index is -0.185. The van der Waals surface area contributed by atoms with E-state index in [2.05, 4.69) is 23.3 Å². The first-order valence-electron chi connectivity index (χ1n) is 9.08. The molecule has 1 heterocycles. The van der Waals surface area contributed by atoms with Crippen LogP contribution in [0.4, 0.5) is 11.4 Å². The van der Waals surface area contributed by atoms with Crippen LogP contribution in [-0.2, 0) is 0 Å². The average molecular weight is 400 g/mol. The first-order chi connectivity index (χ1) is 13.2. The summed E-state index contributed by atoms with van der Waals surface area (Å²) in [6, 6.07) is 15.9. The highest BCUT2D eigenvalue weighted by molar-refractivity contribution is 8.13. The second-order valence-electron chi connectivity index (χ2n) is 6.79. The highest BCUT2D eigenvalue weighted by Crippen LogP contribution is 2.45. The first kappa shape index (κ1) is 18.4. The van der Waals surface area contributed by atoms with Crippen molar-refractivity contribution in [2.24, 2.45) is 9.98 Å². The molecule has 0 aromatic heterocycles. The first-order valence-corrected chi connectivity index (χ1v) is 10.7. The summed E-state index contributed by atoms with van der Waals surface area (Å²) in [4.78, 5) is 12.2. The Morgan fingerprint density at radius 2 is 1.89 bits per heavy atom. The Hall–Kier alpha value is -1.98. The van der Waals surface area contributed by atoms with E-state index in [1.54, 1.807) is 18.9 Å². The zero-order valence-electron chi connectivity index (χ0n) is 15.5. The van der Waals surface area contributed by atoms with Gasteiger partial charge in [0.05, 0.1) is 12.8 Å². The minimum Gasteiger partial charge on any atom is -0.497 e. The second-order valence-corrected chi connectivity index (χ2v) is 8.00. The Morgan fingerprint density at radius 1 is 1.15 bits per heavy atom. The Balaban J connectivity index is 1.80. The Kier molecular flexibility index (Phi) is 5.15. The largest absolute Gasteiger partial charge is 0.497 e. The molecule has 0 saturated heterocycles. The highest BCUT2D eigenvalue weighted by atomic mass is 35.5. The molecule has 0 unspecified atom stereocenters. The molecule has 0 bridgehead atoms. The maximum absolute atomic E-state index is 6.16. The normalized spacial score (nSPS) is 19.7. The number of anilines is 1. The second kappa shape index (κ2) is 7.56. The fraction of sp³-hybridized carbons (Fsp3) is 0.333. The van der Waals surface area contributed by atoms with E-state index in [1.165, 1.54) is 12.8 Å². The summed E-state index contributed by atoms with van der Waals surface area (Å²) < 4.78 is 5.32. The monoisotopic (exact) mass is 399 g/mol. The predicted octanol–water partition coefficient (Wildman–Crippen LogP) is 5.93. The minimum absolute atomic E-state index is 0.185. The van der Waals surface area contributed by atoms with Crippen LogP contribution in [0.5, 0.6) is 5.75 Å². The molecule has 140 valence electrons. The molecule has 1 fully saturated rings. The average Bonchev–Trinajstić information content (AvgIpc) is 3.28. The molecule has 4 nitrogen and oxygen atoms in total. The highest BCUT2D eigenvalue weighted by Gasteiger charge is 2.50. The Labute approximate surface area is 169 Å². The van der Waals surface area contributed by atoms with E-state index < -0.39 is 0 Å². The van der Waals surface area contributed by atoms with Gasteiger partial charge in [0.1, 0.15) is 11.3 Å². The summed E-state index contributed by atoms with van der Waals surface area (Å²) in [6.45, 7) is 0. The fourth-order valence-corrected chi connectivity index (χ4v) is 4.78. The third-order valence-electron chi connectivity index (χ3n) is 5.22. The number of hydrogen-bond acceptors (Lipinski definition) is 4. The zero-order chi connectivity index (χ0) is 18.9. The third-order valence-corrected chi connectivity index (χ3v) is 6.10. The lowest BCUT2D eigenvalue weighted by Crippen LogP contribution is -2.49. The van der Waals surface area contributed by atoms with Gasteiger partial charge < -0.3 is 9.64 Å². The third kappa shape index (κ3) is 3.34. The molecule has 1 aliphatic heterocycles. The summed E-state index contributed by atoms with van der Waals surface area (Å²) in [5, 5.41) is 1.68. The molecule has 6 heteroatoms. The molecule has 0 amide bonds. The van der Waals surface area contributed by atoms with Crippen LogP contribution in [0.15, 0.2) is 58.5 Å². The molecule has 1 spiro atoms. The van der Waals surface area contributed by atoms with Gasteiger partial charge in [0.15, 0.2) is 11.0 Å². The van der Waals surface area contributed by atoms with Crippen molar-refractivity contribution in [2.45, 2.75) is 31.2 Å². The molecule has 4 rings (SSSR count). The molecular weight excluding hydrogens is 378 g/mol. The smallest absolute Gasteiger partial charge is 0.170 e. The van der Waals surface area contributed by atoms with Crippen molar-refractivity contribution in [2.75, 3.05) is 18.3 Å². The van der Waals surface area contributed by atoms with E-state index in [1.807, 2.05) is 36.4 Å². The Bertz CT molecular complexity index is 889. The summed E-state index contributed by atoms with van der Waals surface area (Å²) in [7, 11) is 1.69. The van der Waals surface area contributed by atoms with Crippen molar-refractivity contribution in [1.29, 1.82) is 0 Å². The number of amidine groups is 2. The summed E-state index contributed by atoms with van der Waals surface area (Å²) in [5.41, 5.74) is 1.79. The molecule has 2 aliphatic rings. The number of benzene rings is 2. The number of ether oxygens (including phenoxy) is 1. The van der Waals surface area contributed by atoms with Crippen molar-refractivity contribution in [1.82, 2.24) is 0 Å². The van der Waals surface area contributed by atoms with E-state index in [0.717, 1.165) is 41.0 Å². The van der Waals surface area contributed by atoms with Gasteiger partial charge in [-0.3, -0.25) is 0 Å². The van der Waals surface area contributed by atoms with Crippen LogP contribution in [0.25, 0.3) is 0 Å². The van der Waals surface area contributed by atoms with Gasteiger partial charge in [-0.15, -0.1) is 0 Å².